The number of Topliss-reactive ketones (excluding diaryl/α,β-unsaturated/α-hetero) is 1. The van der Waals surface area contributed by atoms with Crippen LogP contribution >= 0.6 is 0 Å². The number of allylic oxidation sites excluding steroid dienone is 1. The molecule has 0 aromatic heterocycles. The molecule has 2 aromatic carbocycles. The van der Waals surface area contributed by atoms with Gasteiger partial charge in [-0.2, -0.15) is 0 Å². The molecule has 1 saturated carbocycles. The lowest BCUT2D eigenvalue weighted by molar-refractivity contribution is -0.121. The number of carboxylic acids is 1. The van der Waals surface area contributed by atoms with E-state index in [-0.39, 0.29) is 29.6 Å². The molecule has 3 atom stereocenters. The summed E-state index contributed by atoms with van der Waals surface area (Å²) < 4.78 is 26.3. The van der Waals surface area contributed by atoms with E-state index >= 15 is 0 Å². The first-order chi connectivity index (χ1) is 14.3. The number of rotatable bonds is 8. The molecule has 1 unspecified atom stereocenters. The number of aliphatic hydroxyl groups excluding tert-OH is 1. The maximum absolute atomic E-state index is 13.3. The summed E-state index contributed by atoms with van der Waals surface area (Å²) in [4.78, 5) is 23.2. The number of aromatic carboxylic acids is 1. The van der Waals surface area contributed by atoms with Crippen LogP contribution in [0, 0.1) is 23.5 Å². The van der Waals surface area contributed by atoms with E-state index in [2.05, 4.69) is 0 Å². The highest BCUT2D eigenvalue weighted by Crippen LogP contribution is 2.33. The van der Waals surface area contributed by atoms with Crippen LogP contribution in [0.25, 0.3) is 0 Å². The highest BCUT2D eigenvalue weighted by molar-refractivity contribution is 5.87. The van der Waals surface area contributed by atoms with E-state index in [1.807, 2.05) is 6.08 Å². The van der Waals surface area contributed by atoms with Crippen LogP contribution in [0.2, 0.25) is 0 Å². The van der Waals surface area contributed by atoms with Crippen molar-refractivity contribution >= 4 is 11.8 Å². The highest BCUT2D eigenvalue weighted by atomic mass is 19.2. The van der Waals surface area contributed by atoms with Crippen LogP contribution in [0.5, 0.6) is 0 Å². The number of benzene rings is 2. The normalized spacial score (nSPS) is 20.0. The standard InChI is InChI=1S/C24H24F2O4/c25-21-11-4-16(14-22(21)26)13-19(27)9-7-17-8-12-23(28)20(17)10-3-15-1-5-18(6-2-15)24(29)30/h1-2,4-7,9,11,14,17,19-20,27H,3,8,10,12-13H2,(H,29,30)/t17-,19?,20+/m0/s1. The van der Waals surface area contributed by atoms with Gasteiger partial charge < -0.3 is 10.2 Å². The molecule has 0 saturated heterocycles. The maximum Gasteiger partial charge on any atom is 0.335 e. The second-order valence-corrected chi connectivity index (χ2v) is 7.72. The Bertz CT molecular complexity index is 937. The monoisotopic (exact) mass is 414 g/mol. The van der Waals surface area contributed by atoms with Crippen LogP contribution in [0.4, 0.5) is 8.78 Å². The summed E-state index contributed by atoms with van der Waals surface area (Å²) in [6.45, 7) is 0. The van der Waals surface area contributed by atoms with Gasteiger partial charge in [-0.15, -0.1) is 0 Å². The van der Waals surface area contributed by atoms with Gasteiger partial charge in [0.25, 0.3) is 0 Å². The van der Waals surface area contributed by atoms with Crippen molar-refractivity contribution in [2.24, 2.45) is 11.8 Å². The van der Waals surface area contributed by atoms with Gasteiger partial charge in [0.05, 0.1) is 11.7 Å². The topological polar surface area (TPSA) is 74.6 Å². The molecular weight excluding hydrogens is 390 g/mol. The number of hydrogen-bond acceptors (Lipinski definition) is 3. The third-order valence-corrected chi connectivity index (χ3v) is 5.61. The fourth-order valence-electron chi connectivity index (χ4n) is 3.92. The zero-order valence-corrected chi connectivity index (χ0v) is 16.4. The van der Waals surface area contributed by atoms with Gasteiger partial charge in [-0.1, -0.05) is 30.4 Å². The molecule has 1 aliphatic carbocycles. The fraction of sp³-hybridized carbons (Fsp3) is 0.333. The van der Waals surface area contributed by atoms with Crippen molar-refractivity contribution in [2.45, 2.75) is 38.2 Å². The average Bonchev–Trinajstić information content (AvgIpc) is 3.07. The summed E-state index contributed by atoms with van der Waals surface area (Å²) in [5.74, 6) is -2.76. The zero-order chi connectivity index (χ0) is 21.7. The van der Waals surface area contributed by atoms with Gasteiger partial charge in [0.15, 0.2) is 11.6 Å². The fourth-order valence-corrected chi connectivity index (χ4v) is 3.92. The highest BCUT2D eigenvalue weighted by Gasteiger charge is 2.32. The summed E-state index contributed by atoms with van der Waals surface area (Å²) in [5.41, 5.74) is 1.70. The predicted octanol–water partition coefficient (Wildman–Crippen LogP) is 4.35. The van der Waals surface area contributed by atoms with Gasteiger partial charge in [0.2, 0.25) is 0 Å². The molecule has 3 rings (SSSR count). The van der Waals surface area contributed by atoms with Crippen LogP contribution in [0.15, 0.2) is 54.6 Å². The Morgan fingerprint density at radius 1 is 1.10 bits per heavy atom. The molecule has 0 spiro atoms. The Hall–Kier alpha value is -2.86. The van der Waals surface area contributed by atoms with E-state index in [1.54, 1.807) is 30.3 Å². The van der Waals surface area contributed by atoms with E-state index in [4.69, 9.17) is 5.11 Å². The zero-order valence-electron chi connectivity index (χ0n) is 16.4. The molecule has 1 fully saturated rings. The van der Waals surface area contributed by atoms with E-state index in [0.29, 0.717) is 24.8 Å². The molecule has 2 N–H and O–H groups in total. The predicted molar refractivity (Wildman–Crippen MR) is 108 cm³/mol. The van der Waals surface area contributed by atoms with Crippen LogP contribution in [-0.2, 0) is 17.6 Å². The quantitative estimate of drug-likeness (QED) is 0.630. The molecule has 0 bridgehead atoms. The van der Waals surface area contributed by atoms with E-state index in [1.165, 1.54) is 6.07 Å². The van der Waals surface area contributed by atoms with Crippen molar-refractivity contribution in [1.29, 1.82) is 0 Å². The number of hydrogen-bond donors (Lipinski definition) is 2. The van der Waals surface area contributed by atoms with E-state index < -0.39 is 23.7 Å². The van der Waals surface area contributed by atoms with Crippen molar-refractivity contribution < 1.29 is 28.6 Å². The van der Waals surface area contributed by atoms with Gasteiger partial charge >= 0.3 is 5.97 Å². The molecule has 2 aromatic rings. The molecule has 0 radical (unpaired) electrons. The number of carbonyl (C=O) groups excluding carboxylic acids is 1. The number of carbonyl (C=O) groups is 2. The van der Waals surface area contributed by atoms with Gasteiger partial charge in [-0.3, -0.25) is 4.79 Å². The average molecular weight is 414 g/mol. The second kappa shape index (κ2) is 9.76. The number of aryl methyl sites for hydroxylation is 1. The lowest BCUT2D eigenvalue weighted by atomic mass is 9.88. The number of carboxylic acid groups (broad SMARTS) is 1. The summed E-state index contributed by atoms with van der Waals surface area (Å²) >= 11 is 0. The molecule has 158 valence electrons. The Labute approximate surface area is 173 Å². The molecular formula is C24H24F2O4. The number of halogens is 2. The van der Waals surface area contributed by atoms with Gasteiger partial charge in [0.1, 0.15) is 5.78 Å². The lowest BCUT2D eigenvalue weighted by Gasteiger charge is -2.16. The van der Waals surface area contributed by atoms with Gasteiger partial charge in [-0.05, 0) is 60.6 Å². The molecule has 30 heavy (non-hydrogen) atoms. The van der Waals surface area contributed by atoms with E-state index in [9.17, 15) is 23.5 Å². The third kappa shape index (κ3) is 5.60. The Kier molecular flexibility index (Phi) is 7.11. The Morgan fingerprint density at radius 3 is 2.47 bits per heavy atom. The van der Waals surface area contributed by atoms with Crippen molar-refractivity contribution in [2.75, 3.05) is 0 Å². The van der Waals surface area contributed by atoms with Gasteiger partial charge in [0, 0.05) is 18.8 Å². The number of ketones is 1. The summed E-state index contributed by atoms with van der Waals surface area (Å²) in [7, 11) is 0. The van der Waals surface area contributed by atoms with Crippen molar-refractivity contribution in [3.8, 4) is 0 Å². The second-order valence-electron chi connectivity index (χ2n) is 7.72. The molecule has 1 aliphatic rings. The lowest BCUT2D eigenvalue weighted by Crippen LogP contribution is -2.15. The van der Waals surface area contributed by atoms with Crippen molar-refractivity contribution in [3.63, 3.8) is 0 Å². The molecule has 0 amide bonds. The molecule has 0 heterocycles. The van der Waals surface area contributed by atoms with E-state index in [0.717, 1.165) is 24.1 Å². The van der Waals surface area contributed by atoms with Crippen LogP contribution < -0.4 is 0 Å². The molecule has 6 heteroatoms. The number of aliphatic hydroxyl groups is 1. The third-order valence-electron chi connectivity index (χ3n) is 5.61. The van der Waals surface area contributed by atoms with Crippen molar-refractivity contribution in [1.82, 2.24) is 0 Å². The minimum absolute atomic E-state index is 0.0235. The first kappa shape index (κ1) is 21.8. The summed E-state index contributed by atoms with van der Waals surface area (Å²) in [5, 5.41) is 19.2. The Balaban J connectivity index is 1.57. The minimum atomic E-state index is -0.973. The van der Waals surface area contributed by atoms with Crippen LogP contribution in [0.1, 0.15) is 40.7 Å². The molecule has 0 aliphatic heterocycles. The SMILES string of the molecule is O=C(O)c1ccc(CC[C@H]2C(=O)CC[C@@H]2C=CC(O)Cc2ccc(F)c(F)c2)cc1. The van der Waals surface area contributed by atoms with Crippen molar-refractivity contribution in [3.05, 3.63) is 82.9 Å². The van der Waals surface area contributed by atoms with Crippen LogP contribution in [0.3, 0.4) is 0 Å². The maximum atomic E-state index is 13.3. The van der Waals surface area contributed by atoms with Gasteiger partial charge in [-0.25, -0.2) is 13.6 Å². The summed E-state index contributed by atoms with van der Waals surface area (Å²) in [6, 6.07) is 10.2. The first-order valence-electron chi connectivity index (χ1n) is 9.98. The molecule has 4 nitrogen and oxygen atoms in total. The van der Waals surface area contributed by atoms with Crippen LogP contribution in [-0.4, -0.2) is 28.1 Å². The minimum Gasteiger partial charge on any atom is -0.478 e. The Morgan fingerprint density at radius 2 is 1.80 bits per heavy atom. The largest absolute Gasteiger partial charge is 0.478 e. The smallest absolute Gasteiger partial charge is 0.335 e. The first-order valence-corrected chi connectivity index (χ1v) is 9.98. The summed E-state index contributed by atoms with van der Waals surface area (Å²) in [6.07, 6.45) is 5.32.